The standard InChI is InChI=1S/C13H14F4N4/c1-2-21-11(5-6-19-21)12(20-18)8-3-4-10(14)9(7-8)13(15,16)17/h3-7,12,20H,2,18H2,1H3. The summed E-state index contributed by atoms with van der Waals surface area (Å²) in [6.45, 7) is 2.38. The molecular formula is C13H14F4N4. The first kappa shape index (κ1) is 15.5. The molecule has 21 heavy (non-hydrogen) atoms. The number of nitrogens with one attached hydrogen (secondary N) is 1. The van der Waals surface area contributed by atoms with E-state index in [4.69, 9.17) is 5.84 Å². The summed E-state index contributed by atoms with van der Waals surface area (Å²) in [4.78, 5) is 0. The summed E-state index contributed by atoms with van der Waals surface area (Å²) in [7, 11) is 0. The molecule has 2 rings (SSSR count). The van der Waals surface area contributed by atoms with Crippen LogP contribution in [0.25, 0.3) is 0 Å². The molecule has 1 aromatic carbocycles. The minimum atomic E-state index is -4.76. The number of hydrazine groups is 1. The number of benzene rings is 1. The van der Waals surface area contributed by atoms with Crippen molar-refractivity contribution < 1.29 is 17.6 Å². The number of nitrogens with zero attached hydrogens (tertiary/aromatic N) is 2. The van der Waals surface area contributed by atoms with E-state index in [-0.39, 0.29) is 5.56 Å². The van der Waals surface area contributed by atoms with Crippen molar-refractivity contribution in [1.82, 2.24) is 15.2 Å². The van der Waals surface area contributed by atoms with Gasteiger partial charge in [-0.15, -0.1) is 0 Å². The second kappa shape index (κ2) is 5.82. The average molecular weight is 302 g/mol. The van der Waals surface area contributed by atoms with Crippen LogP contribution in [0, 0.1) is 5.82 Å². The quantitative estimate of drug-likeness (QED) is 0.518. The predicted octanol–water partition coefficient (Wildman–Crippen LogP) is 2.61. The molecule has 3 N–H and O–H groups in total. The third-order valence-corrected chi connectivity index (χ3v) is 3.14. The minimum absolute atomic E-state index is 0.210. The second-order valence-corrected chi connectivity index (χ2v) is 4.41. The number of alkyl halides is 3. The fraction of sp³-hybridized carbons (Fsp3) is 0.308. The summed E-state index contributed by atoms with van der Waals surface area (Å²) < 4.78 is 53.3. The molecule has 1 unspecified atom stereocenters. The molecule has 0 aliphatic carbocycles. The van der Waals surface area contributed by atoms with Crippen LogP contribution in [0.2, 0.25) is 0 Å². The maximum Gasteiger partial charge on any atom is 0.419 e. The van der Waals surface area contributed by atoms with E-state index in [0.717, 1.165) is 12.1 Å². The normalized spacial score (nSPS) is 13.4. The number of halogens is 4. The van der Waals surface area contributed by atoms with Gasteiger partial charge in [0.05, 0.1) is 17.3 Å². The molecule has 8 heteroatoms. The van der Waals surface area contributed by atoms with Crippen LogP contribution >= 0.6 is 0 Å². The van der Waals surface area contributed by atoms with Crippen molar-refractivity contribution in [3.8, 4) is 0 Å². The van der Waals surface area contributed by atoms with Crippen LogP contribution in [0.4, 0.5) is 17.6 Å². The number of nitrogens with two attached hydrogens (primary N) is 1. The molecule has 4 nitrogen and oxygen atoms in total. The Morgan fingerprint density at radius 3 is 2.62 bits per heavy atom. The lowest BCUT2D eigenvalue weighted by molar-refractivity contribution is -0.140. The Kier molecular flexibility index (Phi) is 4.29. The van der Waals surface area contributed by atoms with Gasteiger partial charge in [0.2, 0.25) is 0 Å². The van der Waals surface area contributed by atoms with E-state index in [9.17, 15) is 17.6 Å². The highest BCUT2D eigenvalue weighted by Gasteiger charge is 2.35. The number of aryl methyl sites for hydroxylation is 1. The minimum Gasteiger partial charge on any atom is -0.271 e. The molecule has 1 heterocycles. The van der Waals surface area contributed by atoms with E-state index in [1.807, 2.05) is 6.92 Å². The Hall–Kier alpha value is -1.93. The highest BCUT2D eigenvalue weighted by atomic mass is 19.4. The molecule has 0 saturated heterocycles. The molecule has 1 atom stereocenters. The Bertz CT molecular complexity index is 621. The van der Waals surface area contributed by atoms with Gasteiger partial charge in [0.15, 0.2) is 0 Å². The van der Waals surface area contributed by atoms with Gasteiger partial charge in [0.1, 0.15) is 5.82 Å². The highest BCUT2D eigenvalue weighted by Crippen LogP contribution is 2.34. The van der Waals surface area contributed by atoms with Crippen molar-refractivity contribution in [3.63, 3.8) is 0 Å². The monoisotopic (exact) mass is 302 g/mol. The van der Waals surface area contributed by atoms with E-state index in [1.54, 1.807) is 10.7 Å². The molecule has 0 aliphatic heterocycles. The SMILES string of the molecule is CCn1nccc1C(NN)c1ccc(F)c(C(F)(F)F)c1. The lowest BCUT2D eigenvalue weighted by Crippen LogP contribution is -2.31. The van der Waals surface area contributed by atoms with Gasteiger partial charge in [-0.2, -0.15) is 18.3 Å². The first-order valence-electron chi connectivity index (χ1n) is 6.23. The van der Waals surface area contributed by atoms with Crippen molar-refractivity contribution in [2.75, 3.05) is 0 Å². The summed E-state index contributed by atoms with van der Waals surface area (Å²) in [6.07, 6.45) is -3.23. The van der Waals surface area contributed by atoms with Gasteiger partial charge in [0, 0.05) is 12.7 Å². The van der Waals surface area contributed by atoms with E-state index < -0.39 is 23.6 Å². The van der Waals surface area contributed by atoms with Gasteiger partial charge in [-0.05, 0) is 30.7 Å². The van der Waals surface area contributed by atoms with Crippen molar-refractivity contribution in [2.45, 2.75) is 25.7 Å². The topological polar surface area (TPSA) is 55.9 Å². The van der Waals surface area contributed by atoms with Crippen molar-refractivity contribution in [2.24, 2.45) is 5.84 Å². The maximum absolute atomic E-state index is 13.3. The van der Waals surface area contributed by atoms with Crippen LogP contribution in [0.15, 0.2) is 30.5 Å². The molecule has 0 amide bonds. The molecule has 0 saturated carbocycles. The van der Waals surface area contributed by atoms with Crippen LogP contribution in [-0.2, 0) is 12.7 Å². The van der Waals surface area contributed by atoms with Crippen LogP contribution < -0.4 is 11.3 Å². The Morgan fingerprint density at radius 1 is 1.33 bits per heavy atom. The lowest BCUT2D eigenvalue weighted by Gasteiger charge is -2.19. The van der Waals surface area contributed by atoms with Crippen LogP contribution in [0.3, 0.4) is 0 Å². The number of aromatic nitrogens is 2. The smallest absolute Gasteiger partial charge is 0.271 e. The molecule has 114 valence electrons. The van der Waals surface area contributed by atoms with E-state index >= 15 is 0 Å². The van der Waals surface area contributed by atoms with Gasteiger partial charge < -0.3 is 0 Å². The molecular weight excluding hydrogens is 288 g/mol. The Labute approximate surface area is 118 Å². The zero-order valence-corrected chi connectivity index (χ0v) is 11.2. The fourth-order valence-electron chi connectivity index (χ4n) is 2.14. The number of hydrogen-bond donors (Lipinski definition) is 2. The highest BCUT2D eigenvalue weighted by molar-refractivity contribution is 5.33. The predicted molar refractivity (Wildman–Crippen MR) is 68.5 cm³/mol. The lowest BCUT2D eigenvalue weighted by atomic mass is 10.0. The van der Waals surface area contributed by atoms with Crippen LogP contribution in [0.1, 0.15) is 29.8 Å². The van der Waals surface area contributed by atoms with Gasteiger partial charge in [0.25, 0.3) is 0 Å². The van der Waals surface area contributed by atoms with Gasteiger partial charge in [-0.1, -0.05) is 6.07 Å². The zero-order valence-electron chi connectivity index (χ0n) is 11.2. The molecule has 2 aromatic rings. The molecule has 0 aliphatic rings. The van der Waals surface area contributed by atoms with Crippen molar-refractivity contribution >= 4 is 0 Å². The summed E-state index contributed by atoms with van der Waals surface area (Å²) >= 11 is 0. The second-order valence-electron chi connectivity index (χ2n) is 4.41. The summed E-state index contributed by atoms with van der Waals surface area (Å²) in [5.41, 5.74) is 1.93. The van der Waals surface area contributed by atoms with Gasteiger partial charge in [-0.25, -0.2) is 9.82 Å². The average Bonchev–Trinajstić information content (AvgIpc) is 2.88. The largest absolute Gasteiger partial charge is 0.419 e. The van der Waals surface area contributed by atoms with Gasteiger partial charge in [-0.3, -0.25) is 10.5 Å². The number of hydrogen-bond acceptors (Lipinski definition) is 3. The molecule has 0 fully saturated rings. The van der Waals surface area contributed by atoms with E-state index in [2.05, 4.69) is 10.5 Å². The zero-order chi connectivity index (χ0) is 15.6. The first-order valence-corrected chi connectivity index (χ1v) is 6.23. The fourth-order valence-corrected chi connectivity index (χ4v) is 2.14. The summed E-state index contributed by atoms with van der Waals surface area (Å²) in [5, 5.41) is 4.04. The van der Waals surface area contributed by atoms with E-state index in [0.29, 0.717) is 12.2 Å². The van der Waals surface area contributed by atoms with Crippen molar-refractivity contribution in [3.05, 3.63) is 53.1 Å². The van der Waals surface area contributed by atoms with Crippen molar-refractivity contribution in [1.29, 1.82) is 0 Å². The third-order valence-electron chi connectivity index (χ3n) is 3.14. The maximum atomic E-state index is 13.3. The van der Waals surface area contributed by atoms with Crippen LogP contribution in [0.5, 0.6) is 0 Å². The molecule has 0 radical (unpaired) electrons. The summed E-state index contributed by atoms with van der Waals surface area (Å²) in [5.74, 6) is 4.14. The third kappa shape index (κ3) is 3.06. The van der Waals surface area contributed by atoms with Gasteiger partial charge >= 0.3 is 6.18 Å². The van der Waals surface area contributed by atoms with Crippen LogP contribution in [-0.4, -0.2) is 9.78 Å². The molecule has 0 spiro atoms. The molecule has 1 aromatic heterocycles. The Morgan fingerprint density at radius 2 is 2.05 bits per heavy atom. The Balaban J connectivity index is 2.49. The first-order chi connectivity index (χ1) is 9.88. The molecule has 0 bridgehead atoms. The summed E-state index contributed by atoms with van der Waals surface area (Å²) in [6, 6.07) is 3.74. The van der Waals surface area contributed by atoms with E-state index in [1.165, 1.54) is 12.3 Å². The number of rotatable bonds is 4.